The Kier molecular flexibility index (Phi) is 6.07. The molecule has 182 valence electrons. The number of ether oxygens (including phenoxy) is 2. The number of hydrogen-bond donors (Lipinski definition) is 1. The van der Waals surface area contributed by atoms with E-state index in [2.05, 4.69) is 20.6 Å². The van der Waals surface area contributed by atoms with Crippen LogP contribution in [0.2, 0.25) is 0 Å². The van der Waals surface area contributed by atoms with E-state index in [0.29, 0.717) is 41.0 Å². The normalized spacial score (nSPS) is 11.8. The van der Waals surface area contributed by atoms with Gasteiger partial charge in [0.15, 0.2) is 5.78 Å². The first-order valence-electron chi connectivity index (χ1n) is 12.2. The highest BCUT2D eigenvalue weighted by Gasteiger charge is 2.31. The van der Waals surface area contributed by atoms with E-state index in [4.69, 9.17) is 14.5 Å². The maximum atomic E-state index is 13.9. The second-order valence-corrected chi connectivity index (χ2v) is 9.02. The van der Waals surface area contributed by atoms with Crippen molar-refractivity contribution < 1.29 is 14.3 Å². The molecule has 1 aromatic heterocycles. The summed E-state index contributed by atoms with van der Waals surface area (Å²) in [4.78, 5) is 19.0. The molecule has 0 saturated heterocycles. The first kappa shape index (κ1) is 23.2. The Morgan fingerprint density at radius 2 is 1.49 bits per heavy atom. The molecule has 0 amide bonds. The van der Waals surface area contributed by atoms with Crippen LogP contribution < -0.4 is 14.8 Å². The molecule has 1 atom stereocenters. The number of anilines is 2. The van der Waals surface area contributed by atoms with Crippen molar-refractivity contribution in [3.05, 3.63) is 102 Å². The highest BCUT2D eigenvalue weighted by Crippen LogP contribution is 2.47. The van der Waals surface area contributed by atoms with Gasteiger partial charge < -0.3 is 14.8 Å². The minimum absolute atomic E-state index is 0.0316. The van der Waals surface area contributed by atoms with Crippen LogP contribution in [-0.4, -0.2) is 23.7 Å². The topological polar surface area (TPSA) is 60.4 Å². The fourth-order valence-electron chi connectivity index (χ4n) is 4.95. The Hall–Kier alpha value is -4.21. The third-order valence-corrected chi connectivity index (χ3v) is 6.66. The van der Waals surface area contributed by atoms with Gasteiger partial charge in [0.05, 0.1) is 23.6 Å². The van der Waals surface area contributed by atoms with Crippen molar-refractivity contribution in [2.45, 2.75) is 6.92 Å². The van der Waals surface area contributed by atoms with Crippen LogP contribution in [0.25, 0.3) is 33.3 Å². The van der Waals surface area contributed by atoms with E-state index in [-0.39, 0.29) is 5.78 Å². The number of hydrogen-bond acceptors (Lipinski definition) is 5. The Labute approximate surface area is 217 Å². The molecule has 5 nitrogen and oxygen atoms in total. The summed E-state index contributed by atoms with van der Waals surface area (Å²) in [7, 11) is 2.59. The molecule has 1 aliphatic carbocycles. The molecule has 5 aromatic rings. The fourth-order valence-corrected chi connectivity index (χ4v) is 5.13. The number of carbonyl (C=O) groups is 1. The lowest BCUT2D eigenvalue weighted by atomic mass is 9.82. The standard InChI is InChI=1S/C31H25N2O3P/c1-2-35-27-17-25(32-19-10-4-3-5-11-19)29-28-23(20-12-6-7-13-21(20)31(29)34)16-24(33-30(27)28)22-14-8-9-15-26(22)36-18-37/h3-17,32H,2,18,37H2,1H3. The van der Waals surface area contributed by atoms with Crippen molar-refractivity contribution >= 4 is 37.3 Å². The van der Waals surface area contributed by atoms with Crippen molar-refractivity contribution in [2.24, 2.45) is 0 Å². The number of nitrogens with one attached hydrogen (secondary N) is 1. The highest BCUT2D eigenvalue weighted by molar-refractivity contribution is 7.16. The van der Waals surface area contributed by atoms with Gasteiger partial charge in [-0.1, -0.05) is 63.8 Å². The molecule has 1 unspecified atom stereocenters. The minimum atomic E-state index is -0.0316. The van der Waals surface area contributed by atoms with Gasteiger partial charge in [0.25, 0.3) is 0 Å². The molecule has 0 radical (unpaired) electrons. The van der Waals surface area contributed by atoms with Gasteiger partial charge in [0.2, 0.25) is 0 Å². The molecule has 6 heteroatoms. The molecular weight excluding hydrogens is 479 g/mol. The molecule has 1 aliphatic rings. The van der Waals surface area contributed by atoms with E-state index in [1.807, 2.05) is 91.9 Å². The maximum Gasteiger partial charge on any atom is 0.196 e. The molecular formula is C31H25N2O3P. The van der Waals surface area contributed by atoms with Crippen LogP contribution in [0.1, 0.15) is 22.8 Å². The summed E-state index contributed by atoms with van der Waals surface area (Å²) in [6, 6.07) is 29.4. The maximum absolute atomic E-state index is 13.9. The van der Waals surface area contributed by atoms with Gasteiger partial charge >= 0.3 is 0 Å². The van der Waals surface area contributed by atoms with E-state index in [1.165, 1.54) is 0 Å². The average Bonchev–Trinajstić information content (AvgIpc) is 2.93. The summed E-state index contributed by atoms with van der Waals surface area (Å²) >= 11 is 0. The smallest absolute Gasteiger partial charge is 0.196 e. The number of para-hydroxylation sites is 2. The monoisotopic (exact) mass is 504 g/mol. The number of rotatable bonds is 7. The number of nitrogens with zero attached hydrogens (tertiary/aromatic N) is 1. The summed E-state index contributed by atoms with van der Waals surface area (Å²) in [6.07, 6.45) is 0.470. The van der Waals surface area contributed by atoms with Crippen molar-refractivity contribution in [2.75, 3.05) is 18.3 Å². The SMILES string of the molecule is CCOc1cc(Nc2ccccc2)c2c3c(cc(-c4ccccc4OCP)nc13)-c1ccccc1C2=O. The molecule has 1 heterocycles. The lowest BCUT2D eigenvalue weighted by molar-refractivity contribution is 0.104. The van der Waals surface area contributed by atoms with Crippen molar-refractivity contribution in [3.63, 3.8) is 0 Å². The van der Waals surface area contributed by atoms with Gasteiger partial charge in [0.1, 0.15) is 23.4 Å². The van der Waals surface area contributed by atoms with Crippen LogP contribution in [0, 0.1) is 0 Å². The number of fused-ring (bicyclic) bond motifs is 2. The van der Waals surface area contributed by atoms with Crippen LogP contribution in [-0.2, 0) is 0 Å². The van der Waals surface area contributed by atoms with Gasteiger partial charge in [-0.05, 0) is 48.4 Å². The van der Waals surface area contributed by atoms with E-state index in [0.717, 1.165) is 39.2 Å². The third kappa shape index (κ3) is 4.02. The van der Waals surface area contributed by atoms with Gasteiger partial charge in [-0.25, -0.2) is 4.98 Å². The fraction of sp³-hybridized carbons (Fsp3) is 0.0968. The summed E-state index contributed by atoms with van der Waals surface area (Å²) in [6.45, 7) is 2.42. The lowest BCUT2D eigenvalue weighted by Crippen LogP contribution is -2.14. The number of carbonyl (C=O) groups excluding carboxylic acids is 1. The van der Waals surface area contributed by atoms with Crippen LogP contribution in [0.15, 0.2) is 91.0 Å². The molecule has 37 heavy (non-hydrogen) atoms. The molecule has 0 spiro atoms. The van der Waals surface area contributed by atoms with Gasteiger partial charge in [-0.15, -0.1) is 0 Å². The predicted molar refractivity (Wildman–Crippen MR) is 152 cm³/mol. The van der Waals surface area contributed by atoms with E-state index in [1.54, 1.807) is 0 Å². The summed E-state index contributed by atoms with van der Waals surface area (Å²) in [5.41, 5.74) is 7.00. The van der Waals surface area contributed by atoms with Crippen molar-refractivity contribution in [1.82, 2.24) is 4.98 Å². The Morgan fingerprint density at radius 3 is 2.24 bits per heavy atom. The van der Waals surface area contributed by atoms with Crippen LogP contribution in [0.3, 0.4) is 0 Å². The first-order valence-corrected chi connectivity index (χ1v) is 13.0. The number of pyridine rings is 1. The summed E-state index contributed by atoms with van der Waals surface area (Å²) in [5.74, 6) is 1.34. The number of aromatic nitrogens is 1. The van der Waals surface area contributed by atoms with Gasteiger partial charge in [-0.3, -0.25) is 4.79 Å². The lowest BCUT2D eigenvalue weighted by Gasteiger charge is -2.25. The Morgan fingerprint density at radius 1 is 0.784 bits per heavy atom. The molecule has 0 aliphatic heterocycles. The van der Waals surface area contributed by atoms with Crippen molar-refractivity contribution in [3.8, 4) is 33.9 Å². The van der Waals surface area contributed by atoms with E-state index in [9.17, 15) is 4.79 Å². The molecule has 0 fully saturated rings. The quantitative estimate of drug-likeness (QED) is 0.229. The van der Waals surface area contributed by atoms with Crippen molar-refractivity contribution in [1.29, 1.82) is 0 Å². The zero-order chi connectivity index (χ0) is 25.4. The first-order chi connectivity index (χ1) is 18.2. The predicted octanol–water partition coefficient (Wildman–Crippen LogP) is 7.47. The second kappa shape index (κ2) is 9.68. The van der Waals surface area contributed by atoms with Gasteiger partial charge in [-0.2, -0.15) is 0 Å². The van der Waals surface area contributed by atoms with Crippen LogP contribution >= 0.6 is 9.24 Å². The second-order valence-electron chi connectivity index (χ2n) is 8.68. The van der Waals surface area contributed by atoms with Gasteiger partial charge in [0, 0.05) is 28.3 Å². The Balaban J connectivity index is 1.70. The molecule has 0 bridgehead atoms. The molecule has 1 N–H and O–H groups in total. The van der Waals surface area contributed by atoms with E-state index < -0.39 is 0 Å². The largest absolute Gasteiger partial charge is 0.492 e. The molecule has 0 saturated carbocycles. The highest BCUT2D eigenvalue weighted by atomic mass is 31.0. The number of benzene rings is 4. The Bertz CT molecular complexity index is 1650. The summed E-state index contributed by atoms with van der Waals surface area (Å²) in [5, 5.41) is 4.25. The molecule has 6 rings (SSSR count). The zero-order valence-corrected chi connectivity index (χ0v) is 21.5. The zero-order valence-electron chi connectivity index (χ0n) is 20.3. The summed E-state index contributed by atoms with van der Waals surface area (Å²) < 4.78 is 12.0. The molecule has 4 aromatic carbocycles. The average molecular weight is 505 g/mol. The van der Waals surface area contributed by atoms with E-state index >= 15 is 0 Å². The minimum Gasteiger partial charge on any atom is -0.492 e. The number of ketones is 1. The third-order valence-electron chi connectivity index (χ3n) is 6.49. The van der Waals surface area contributed by atoms with Crippen LogP contribution in [0.5, 0.6) is 11.5 Å². The van der Waals surface area contributed by atoms with Crippen LogP contribution in [0.4, 0.5) is 11.4 Å².